The Morgan fingerprint density at radius 1 is 0.667 bits per heavy atom. The first-order chi connectivity index (χ1) is 13.7. The van der Waals surface area contributed by atoms with Crippen LogP contribution in [0.3, 0.4) is 0 Å². The van der Waals surface area contributed by atoms with E-state index in [0.29, 0.717) is 0 Å². The molecule has 0 heterocycles. The van der Waals surface area contributed by atoms with Gasteiger partial charge in [-0.25, -0.2) is 14.4 Å². The molecule has 3 unspecified atom stereocenters. The minimum Gasteiger partial charge on any atom is -0.432 e. The maximum absolute atomic E-state index is 11.7. The summed E-state index contributed by atoms with van der Waals surface area (Å²) in [6.45, 7) is 18.9. The number of carbonyl (C=O) groups excluding carboxylic acids is 3. The number of esters is 3. The van der Waals surface area contributed by atoms with Crippen LogP contribution < -0.4 is 0 Å². The van der Waals surface area contributed by atoms with Gasteiger partial charge in [-0.2, -0.15) is 0 Å². The first kappa shape index (κ1) is 27.7. The minimum absolute atomic E-state index is 0.000144. The molecule has 11 heteroatoms. The van der Waals surface area contributed by atoms with Gasteiger partial charge in [0.2, 0.25) is 18.9 Å². The minimum atomic E-state index is -2.33. The van der Waals surface area contributed by atoms with Gasteiger partial charge in [0, 0.05) is 16.7 Å². The number of hydrogen-bond donors (Lipinski definition) is 0. The average Bonchev–Trinajstić information content (AvgIpc) is 2.60. The van der Waals surface area contributed by atoms with E-state index in [0.717, 1.165) is 0 Å². The Morgan fingerprint density at radius 2 is 0.900 bits per heavy atom. The number of rotatable bonds is 13. The highest BCUT2D eigenvalue weighted by atomic mass is 28.2. The highest BCUT2D eigenvalue weighted by molar-refractivity contribution is 5.98. The summed E-state index contributed by atoms with van der Waals surface area (Å²) in [5.41, 5.74) is 0.409. The Kier molecular flexibility index (Phi) is 11.4. The van der Waals surface area contributed by atoms with Gasteiger partial charge in [-0.15, -0.1) is 0 Å². The normalized spacial score (nSPS) is 15.8. The molecule has 0 rings (SSSR count). The van der Waals surface area contributed by atoms with Gasteiger partial charge in [-0.05, 0) is 41.5 Å². The summed E-state index contributed by atoms with van der Waals surface area (Å²) < 4.78 is 36.9. The topological polar surface area (TPSA) is 116 Å². The molecule has 0 aliphatic heterocycles. The molecule has 3 atom stereocenters. The van der Waals surface area contributed by atoms with Crippen LogP contribution in [0, 0.1) is 0 Å². The molecule has 0 aliphatic carbocycles. The molecule has 0 aliphatic rings. The SMILES string of the molecule is C=C(C)C(=O)OC(C)OC(O[SiH3])(OC(C)OC(=O)C(=C)C)OC(C)OC(=O)C(=C)C. The lowest BCUT2D eigenvalue weighted by molar-refractivity contribution is -0.529. The lowest BCUT2D eigenvalue weighted by Crippen LogP contribution is -2.49. The monoisotopic (exact) mass is 446 g/mol. The molecule has 0 aromatic carbocycles. The highest BCUT2D eigenvalue weighted by Gasteiger charge is 2.42. The molecule has 10 nitrogen and oxygen atoms in total. The summed E-state index contributed by atoms with van der Waals surface area (Å²) in [5.74, 6) is -2.19. The number of carbonyl (C=O) groups is 3. The van der Waals surface area contributed by atoms with Crippen molar-refractivity contribution in [3.8, 4) is 0 Å². The second-order valence-corrected chi connectivity index (χ2v) is 6.73. The van der Waals surface area contributed by atoms with E-state index >= 15 is 0 Å². The van der Waals surface area contributed by atoms with Gasteiger partial charge in [0.25, 0.3) is 0 Å². The molecule has 0 amide bonds. The van der Waals surface area contributed by atoms with Crippen molar-refractivity contribution in [3.05, 3.63) is 36.5 Å². The largest absolute Gasteiger partial charge is 0.432 e. The molecule has 0 saturated carbocycles. The molecular weight excluding hydrogens is 416 g/mol. The summed E-state index contributed by atoms with van der Waals surface area (Å²) in [7, 11) is -0.000144. The van der Waals surface area contributed by atoms with Gasteiger partial charge in [-0.3, -0.25) is 14.2 Å². The van der Waals surface area contributed by atoms with E-state index in [4.69, 9.17) is 32.8 Å². The van der Waals surface area contributed by atoms with Gasteiger partial charge in [0.05, 0.1) is 0 Å². The lowest BCUT2D eigenvalue weighted by atomic mass is 10.4. The van der Waals surface area contributed by atoms with Crippen LogP contribution in [-0.2, 0) is 47.2 Å². The Morgan fingerprint density at radius 3 is 1.07 bits per heavy atom. The summed E-state index contributed by atoms with van der Waals surface area (Å²) in [6, 6.07) is 0. The van der Waals surface area contributed by atoms with Crippen molar-refractivity contribution >= 4 is 28.4 Å². The third kappa shape index (κ3) is 9.94. The maximum Gasteiger partial charge on any atom is 0.411 e. The Balaban J connectivity index is 5.54. The van der Waals surface area contributed by atoms with Crippen LogP contribution in [0.25, 0.3) is 0 Å². The lowest BCUT2D eigenvalue weighted by Gasteiger charge is -2.36. The van der Waals surface area contributed by atoms with E-state index in [9.17, 15) is 14.4 Å². The smallest absolute Gasteiger partial charge is 0.411 e. The Bertz CT molecular complexity index is 598. The molecule has 0 N–H and O–H groups in total. The van der Waals surface area contributed by atoms with Crippen LogP contribution in [0.15, 0.2) is 36.5 Å². The van der Waals surface area contributed by atoms with Crippen LogP contribution in [0.1, 0.15) is 41.5 Å². The average molecular weight is 447 g/mol. The molecule has 0 bridgehead atoms. The zero-order valence-corrected chi connectivity index (χ0v) is 20.4. The molecule has 0 aromatic heterocycles. The summed E-state index contributed by atoms with van der Waals surface area (Å²) >= 11 is 0. The van der Waals surface area contributed by atoms with Crippen molar-refractivity contribution in [2.24, 2.45) is 0 Å². The van der Waals surface area contributed by atoms with Crippen LogP contribution in [0.5, 0.6) is 0 Å². The highest BCUT2D eigenvalue weighted by Crippen LogP contribution is 2.25. The number of hydrogen-bond acceptors (Lipinski definition) is 10. The Hall–Kier alpha value is -2.31. The standard InChI is InChI=1S/C19H30O10Si/c1-10(2)16(20)23-13(7)26-19(29-30,27-14(8)24-17(21)11(3)4)28-15(9)25-18(22)12(5)6/h13-15H,1,3,5H2,2,4,6-9,30H3. The van der Waals surface area contributed by atoms with Crippen molar-refractivity contribution in [1.29, 1.82) is 0 Å². The third-order valence-corrected chi connectivity index (χ3v) is 3.55. The van der Waals surface area contributed by atoms with E-state index in [2.05, 4.69) is 19.7 Å². The van der Waals surface area contributed by atoms with Crippen molar-refractivity contribution in [3.63, 3.8) is 0 Å². The van der Waals surface area contributed by atoms with E-state index in [1.165, 1.54) is 41.5 Å². The van der Waals surface area contributed by atoms with Crippen molar-refractivity contribution < 1.29 is 47.2 Å². The van der Waals surface area contributed by atoms with E-state index in [1.807, 2.05) is 0 Å². The van der Waals surface area contributed by atoms with Crippen LogP contribution in [-0.4, -0.2) is 53.4 Å². The van der Waals surface area contributed by atoms with E-state index in [-0.39, 0.29) is 27.2 Å². The van der Waals surface area contributed by atoms with E-state index < -0.39 is 42.9 Å². The van der Waals surface area contributed by atoms with Gasteiger partial charge in [-0.1, -0.05) is 19.7 Å². The van der Waals surface area contributed by atoms with Gasteiger partial charge in [0.1, 0.15) is 0 Å². The molecule has 0 spiro atoms. The van der Waals surface area contributed by atoms with Crippen LogP contribution in [0.2, 0.25) is 0 Å². The van der Waals surface area contributed by atoms with Crippen molar-refractivity contribution in [1.82, 2.24) is 0 Å². The fourth-order valence-corrected chi connectivity index (χ4v) is 1.95. The first-order valence-corrected chi connectivity index (χ1v) is 9.72. The Labute approximate surface area is 179 Å². The van der Waals surface area contributed by atoms with Gasteiger partial charge < -0.3 is 18.6 Å². The molecule has 0 fully saturated rings. The van der Waals surface area contributed by atoms with Crippen molar-refractivity contribution in [2.75, 3.05) is 0 Å². The van der Waals surface area contributed by atoms with Crippen LogP contribution >= 0.6 is 0 Å². The maximum atomic E-state index is 11.7. The van der Waals surface area contributed by atoms with E-state index in [1.54, 1.807) is 0 Å². The fraction of sp³-hybridized carbons (Fsp3) is 0.526. The molecule has 170 valence electrons. The third-order valence-electron chi connectivity index (χ3n) is 3.05. The zero-order valence-electron chi connectivity index (χ0n) is 18.4. The van der Waals surface area contributed by atoms with Gasteiger partial charge in [0.15, 0.2) is 10.5 Å². The molecule has 0 saturated heterocycles. The molecule has 0 aromatic rings. The predicted octanol–water partition coefficient (Wildman–Crippen LogP) is 1.34. The summed E-state index contributed by atoms with van der Waals surface area (Å²) in [5, 5.41) is 0. The first-order valence-electron chi connectivity index (χ1n) is 8.91. The molecule has 0 radical (unpaired) electrons. The van der Waals surface area contributed by atoms with Crippen LogP contribution in [0.4, 0.5) is 0 Å². The van der Waals surface area contributed by atoms with Crippen molar-refractivity contribution in [2.45, 2.75) is 66.6 Å². The van der Waals surface area contributed by atoms with Gasteiger partial charge >= 0.3 is 24.1 Å². The fourth-order valence-electron chi connectivity index (χ4n) is 1.66. The molecule has 30 heavy (non-hydrogen) atoms. The second kappa shape index (κ2) is 12.4. The zero-order chi connectivity index (χ0) is 23.6. The quantitative estimate of drug-likeness (QED) is 0.135. The second-order valence-electron chi connectivity index (χ2n) is 6.32. The number of ether oxygens (including phenoxy) is 6. The molecular formula is C19H30O10Si. The summed E-state index contributed by atoms with van der Waals surface area (Å²) in [6.07, 6.45) is -6.05. The summed E-state index contributed by atoms with van der Waals surface area (Å²) in [4.78, 5) is 35.2. The predicted molar refractivity (Wildman–Crippen MR) is 108 cm³/mol.